The van der Waals surface area contributed by atoms with Crippen LogP contribution in [0.1, 0.15) is 28.8 Å². The maximum atomic E-state index is 12.9. The topological polar surface area (TPSA) is 55.1 Å². The van der Waals surface area contributed by atoms with E-state index in [0.29, 0.717) is 29.6 Å². The van der Waals surface area contributed by atoms with E-state index in [0.717, 1.165) is 12.8 Å². The minimum absolute atomic E-state index is 0.136. The zero-order valence-electron chi connectivity index (χ0n) is 9.87. The molecule has 0 radical (unpaired) electrons. The first kappa shape index (κ1) is 12.0. The molecule has 3 nitrogen and oxygen atoms in total. The average Bonchev–Trinajstić information content (AvgIpc) is 2.22. The minimum atomic E-state index is -0.316. The number of hydrogen-bond donors (Lipinski definition) is 2. The molecule has 0 bridgehead atoms. The van der Waals surface area contributed by atoms with Crippen molar-refractivity contribution in [1.82, 2.24) is 5.32 Å². The van der Waals surface area contributed by atoms with Gasteiger partial charge in [0.25, 0.3) is 5.91 Å². The van der Waals surface area contributed by atoms with Crippen molar-refractivity contribution in [3.8, 4) is 0 Å². The second kappa shape index (κ2) is 4.84. The molecule has 17 heavy (non-hydrogen) atoms. The molecule has 1 saturated carbocycles. The SMILES string of the molecule is Cc1cc(F)ccc1C(=O)NCC1CC(N)C1. The summed E-state index contributed by atoms with van der Waals surface area (Å²) in [6, 6.07) is 4.49. The molecule has 0 saturated heterocycles. The van der Waals surface area contributed by atoms with E-state index < -0.39 is 0 Å². The third-order valence-electron chi connectivity index (χ3n) is 3.26. The van der Waals surface area contributed by atoms with Crippen molar-refractivity contribution in [3.05, 3.63) is 35.1 Å². The van der Waals surface area contributed by atoms with E-state index in [1.807, 2.05) is 0 Å². The Morgan fingerprint density at radius 1 is 1.53 bits per heavy atom. The molecule has 1 fully saturated rings. The van der Waals surface area contributed by atoms with Gasteiger partial charge in [-0.15, -0.1) is 0 Å². The van der Waals surface area contributed by atoms with Crippen molar-refractivity contribution in [3.63, 3.8) is 0 Å². The highest BCUT2D eigenvalue weighted by molar-refractivity contribution is 5.95. The summed E-state index contributed by atoms with van der Waals surface area (Å²) in [6.45, 7) is 2.39. The molecule has 0 unspecified atom stereocenters. The van der Waals surface area contributed by atoms with Gasteiger partial charge in [0.05, 0.1) is 0 Å². The van der Waals surface area contributed by atoms with E-state index in [9.17, 15) is 9.18 Å². The molecule has 2 rings (SSSR count). The molecule has 1 amide bonds. The highest BCUT2D eigenvalue weighted by Gasteiger charge is 2.26. The lowest BCUT2D eigenvalue weighted by Crippen LogP contribution is -2.42. The molecule has 0 aliphatic heterocycles. The quantitative estimate of drug-likeness (QED) is 0.837. The van der Waals surface area contributed by atoms with Gasteiger partial charge in [0.1, 0.15) is 5.82 Å². The minimum Gasteiger partial charge on any atom is -0.352 e. The fourth-order valence-corrected chi connectivity index (χ4v) is 2.17. The van der Waals surface area contributed by atoms with Crippen LogP contribution in [0.25, 0.3) is 0 Å². The Labute approximate surface area is 100 Å². The molecule has 1 aromatic carbocycles. The number of nitrogens with two attached hydrogens (primary N) is 1. The Hall–Kier alpha value is -1.42. The van der Waals surface area contributed by atoms with Gasteiger partial charge in [0.15, 0.2) is 0 Å². The van der Waals surface area contributed by atoms with E-state index in [1.165, 1.54) is 18.2 Å². The van der Waals surface area contributed by atoms with E-state index in [2.05, 4.69) is 5.32 Å². The standard InChI is InChI=1S/C13H17FN2O/c1-8-4-10(14)2-3-12(8)13(17)16-7-9-5-11(15)6-9/h2-4,9,11H,5-7,15H2,1H3,(H,16,17). The predicted molar refractivity (Wildman–Crippen MR) is 64.2 cm³/mol. The molecule has 0 aromatic heterocycles. The van der Waals surface area contributed by atoms with Crippen LogP contribution >= 0.6 is 0 Å². The number of hydrogen-bond acceptors (Lipinski definition) is 2. The highest BCUT2D eigenvalue weighted by Crippen LogP contribution is 2.24. The van der Waals surface area contributed by atoms with Crippen LogP contribution in [0.4, 0.5) is 4.39 Å². The highest BCUT2D eigenvalue weighted by atomic mass is 19.1. The van der Waals surface area contributed by atoms with Crippen LogP contribution in [-0.2, 0) is 0 Å². The van der Waals surface area contributed by atoms with Gasteiger partial charge >= 0.3 is 0 Å². The Kier molecular flexibility index (Phi) is 3.43. The number of nitrogens with one attached hydrogen (secondary N) is 1. The number of rotatable bonds is 3. The first-order valence-corrected chi connectivity index (χ1v) is 5.86. The summed E-state index contributed by atoms with van der Waals surface area (Å²) < 4.78 is 12.9. The average molecular weight is 236 g/mol. The Balaban J connectivity index is 1.91. The first-order valence-electron chi connectivity index (χ1n) is 5.86. The van der Waals surface area contributed by atoms with Crippen LogP contribution in [0.2, 0.25) is 0 Å². The summed E-state index contributed by atoms with van der Waals surface area (Å²) in [5, 5.41) is 2.86. The summed E-state index contributed by atoms with van der Waals surface area (Å²) in [5.41, 5.74) is 6.87. The lowest BCUT2D eigenvalue weighted by molar-refractivity contribution is 0.0934. The van der Waals surface area contributed by atoms with Crippen molar-refractivity contribution >= 4 is 5.91 Å². The Morgan fingerprint density at radius 3 is 2.82 bits per heavy atom. The molecule has 0 spiro atoms. The lowest BCUT2D eigenvalue weighted by Gasteiger charge is -2.32. The number of carbonyl (C=O) groups is 1. The smallest absolute Gasteiger partial charge is 0.251 e. The Morgan fingerprint density at radius 2 is 2.24 bits per heavy atom. The van der Waals surface area contributed by atoms with Gasteiger partial charge in [0, 0.05) is 18.2 Å². The lowest BCUT2D eigenvalue weighted by atomic mass is 9.81. The van der Waals surface area contributed by atoms with Gasteiger partial charge in [-0.25, -0.2) is 4.39 Å². The van der Waals surface area contributed by atoms with Crippen LogP contribution in [-0.4, -0.2) is 18.5 Å². The van der Waals surface area contributed by atoms with Crippen LogP contribution in [0.5, 0.6) is 0 Å². The van der Waals surface area contributed by atoms with Crippen LogP contribution in [0, 0.1) is 18.7 Å². The maximum absolute atomic E-state index is 12.9. The number of benzene rings is 1. The fourth-order valence-electron chi connectivity index (χ4n) is 2.17. The summed E-state index contributed by atoms with van der Waals surface area (Å²) in [4.78, 5) is 11.8. The second-order valence-electron chi connectivity index (χ2n) is 4.77. The summed E-state index contributed by atoms with van der Waals surface area (Å²) in [5.74, 6) is 0.0432. The normalized spacial score (nSPS) is 23.0. The number of carbonyl (C=O) groups excluding carboxylic acids is 1. The van der Waals surface area contributed by atoms with E-state index in [-0.39, 0.29) is 11.7 Å². The van der Waals surface area contributed by atoms with E-state index in [1.54, 1.807) is 6.92 Å². The van der Waals surface area contributed by atoms with Crippen molar-refractivity contribution in [2.75, 3.05) is 6.54 Å². The molecule has 4 heteroatoms. The third-order valence-corrected chi connectivity index (χ3v) is 3.26. The van der Waals surface area contributed by atoms with Crippen molar-refractivity contribution < 1.29 is 9.18 Å². The fraction of sp³-hybridized carbons (Fsp3) is 0.462. The van der Waals surface area contributed by atoms with E-state index >= 15 is 0 Å². The maximum Gasteiger partial charge on any atom is 0.251 e. The molecular formula is C13H17FN2O. The number of halogens is 1. The van der Waals surface area contributed by atoms with Gasteiger partial charge in [-0.2, -0.15) is 0 Å². The van der Waals surface area contributed by atoms with Crippen LogP contribution in [0.15, 0.2) is 18.2 Å². The molecular weight excluding hydrogens is 219 g/mol. The molecule has 3 N–H and O–H groups in total. The zero-order valence-corrected chi connectivity index (χ0v) is 9.87. The van der Waals surface area contributed by atoms with Gasteiger partial charge in [-0.05, 0) is 49.4 Å². The molecule has 1 aromatic rings. The van der Waals surface area contributed by atoms with Gasteiger partial charge in [-0.1, -0.05) is 0 Å². The molecule has 92 valence electrons. The van der Waals surface area contributed by atoms with Crippen molar-refractivity contribution in [2.45, 2.75) is 25.8 Å². The molecule has 0 heterocycles. The first-order chi connectivity index (χ1) is 8.06. The third kappa shape index (κ3) is 2.82. The largest absolute Gasteiger partial charge is 0.352 e. The van der Waals surface area contributed by atoms with Crippen molar-refractivity contribution in [2.24, 2.45) is 11.7 Å². The molecule has 1 aliphatic rings. The van der Waals surface area contributed by atoms with Crippen LogP contribution in [0.3, 0.4) is 0 Å². The van der Waals surface area contributed by atoms with Gasteiger partial charge in [0.2, 0.25) is 0 Å². The molecule has 0 atom stereocenters. The number of aryl methyl sites for hydroxylation is 1. The zero-order chi connectivity index (χ0) is 12.4. The van der Waals surface area contributed by atoms with Crippen LogP contribution < -0.4 is 11.1 Å². The van der Waals surface area contributed by atoms with E-state index in [4.69, 9.17) is 5.73 Å². The second-order valence-corrected chi connectivity index (χ2v) is 4.77. The monoisotopic (exact) mass is 236 g/mol. The molecule has 1 aliphatic carbocycles. The van der Waals surface area contributed by atoms with Crippen molar-refractivity contribution in [1.29, 1.82) is 0 Å². The van der Waals surface area contributed by atoms with Gasteiger partial charge in [-0.3, -0.25) is 4.79 Å². The predicted octanol–water partition coefficient (Wildman–Crippen LogP) is 1.60. The van der Waals surface area contributed by atoms with Gasteiger partial charge < -0.3 is 11.1 Å². The number of amides is 1. The Bertz CT molecular complexity index is 427. The summed E-state index contributed by atoms with van der Waals surface area (Å²) >= 11 is 0. The summed E-state index contributed by atoms with van der Waals surface area (Å²) in [7, 11) is 0. The summed E-state index contributed by atoms with van der Waals surface area (Å²) in [6.07, 6.45) is 1.95.